The van der Waals surface area contributed by atoms with Gasteiger partial charge in [-0.3, -0.25) is 4.79 Å². The number of nitrogens with two attached hydrogens (primary N) is 1. The fourth-order valence-corrected chi connectivity index (χ4v) is 2.32. The normalized spacial score (nSPS) is 23.3. The predicted octanol–water partition coefficient (Wildman–Crippen LogP) is 1.14. The molecule has 0 bridgehead atoms. The topological polar surface area (TPSA) is 55.6 Å². The summed E-state index contributed by atoms with van der Waals surface area (Å²) >= 11 is 0. The molecule has 0 aromatic carbocycles. The summed E-state index contributed by atoms with van der Waals surface area (Å²) in [6, 6.07) is 0.229. The number of ether oxygens (including phenoxy) is 1. The van der Waals surface area contributed by atoms with Crippen molar-refractivity contribution in [1.29, 1.82) is 0 Å². The summed E-state index contributed by atoms with van der Waals surface area (Å²) in [6.45, 7) is 6.49. The molecule has 0 amide bonds. The minimum Gasteiger partial charge on any atom is -0.465 e. The maximum absolute atomic E-state index is 11.3. The molecule has 0 unspecified atom stereocenters. The van der Waals surface area contributed by atoms with Crippen LogP contribution in [0.4, 0.5) is 0 Å². The lowest BCUT2D eigenvalue weighted by molar-refractivity contribution is -0.144. The van der Waals surface area contributed by atoms with Crippen LogP contribution >= 0.6 is 0 Å². The number of likely N-dealkylation sites (tertiary alicyclic amines) is 1. The van der Waals surface area contributed by atoms with Crippen molar-refractivity contribution in [3.8, 4) is 0 Å². The molecule has 2 N–H and O–H groups in total. The van der Waals surface area contributed by atoms with Gasteiger partial charge < -0.3 is 15.4 Å². The molecule has 0 spiro atoms. The van der Waals surface area contributed by atoms with Gasteiger partial charge in [-0.15, -0.1) is 0 Å². The summed E-state index contributed by atoms with van der Waals surface area (Å²) < 4.78 is 4.89. The Bertz CT molecular complexity index is 221. The molecule has 0 aromatic heterocycles. The molecule has 0 radical (unpaired) electrons. The first kappa shape index (κ1) is 13.5. The number of carbonyl (C=O) groups excluding carboxylic acids is 1. The molecule has 2 atom stereocenters. The van der Waals surface area contributed by atoms with E-state index < -0.39 is 6.04 Å². The molecular formula is C12H24N2O2. The molecule has 1 saturated heterocycles. The molecule has 94 valence electrons. The van der Waals surface area contributed by atoms with Gasteiger partial charge in [-0.1, -0.05) is 6.92 Å². The van der Waals surface area contributed by atoms with E-state index in [9.17, 15) is 4.79 Å². The second kappa shape index (κ2) is 6.86. The Balaban J connectivity index is 2.25. The van der Waals surface area contributed by atoms with E-state index in [4.69, 9.17) is 10.5 Å². The number of carbonyl (C=O) groups is 1. The third-order valence-corrected chi connectivity index (χ3v) is 3.29. The second-order valence-electron chi connectivity index (χ2n) is 4.39. The average molecular weight is 228 g/mol. The van der Waals surface area contributed by atoms with Gasteiger partial charge in [0.1, 0.15) is 6.04 Å². The number of hydrogen-bond donors (Lipinski definition) is 1. The molecule has 0 aromatic rings. The van der Waals surface area contributed by atoms with Crippen molar-refractivity contribution in [3.63, 3.8) is 0 Å². The summed E-state index contributed by atoms with van der Waals surface area (Å²) in [5.41, 5.74) is 5.77. The summed E-state index contributed by atoms with van der Waals surface area (Å²) in [5.74, 6) is -0.269. The van der Waals surface area contributed by atoms with Crippen LogP contribution in [0.25, 0.3) is 0 Å². The van der Waals surface area contributed by atoms with E-state index in [1.165, 1.54) is 19.3 Å². The van der Waals surface area contributed by atoms with Gasteiger partial charge >= 0.3 is 5.97 Å². The SMILES string of the molecule is CCOC(=O)[C@@H](N)CCN1CCC[C@H]1CC. The van der Waals surface area contributed by atoms with Gasteiger partial charge in [0.15, 0.2) is 0 Å². The summed E-state index contributed by atoms with van der Waals surface area (Å²) in [5, 5.41) is 0. The third-order valence-electron chi connectivity index (χ3n) is 3.29. The van der Waals surface area contributed by atoms with Crippen LogP contribution in [0.1, 0.15) is 39.5 Å². The molecule has 16 heavy (non-hydrogen) atoms. The standard InChI is InChI=1S/C12H24N2O2/c1-3-10-6-5-8-14(10)9-7-11(13)12(15)16-4-2/h10-11H,3-9,13H2,1-2H3/t10-,11+/m1/s1. The summed E-state index contributed by atoms with van der Waals surface area (Å²) in [4.78, 5) is 13.8. The zero-order valence-electron chi connectivity index (χ0n) is 10.4. The molecular weight excluding hydrogens is 204 g/mol. The molecule has 1 heterocycles. The van der Waals surface area contributed by atoms with E-state index in [1.54, 1.807) is 6.92 Å². The first-order valence-electron chi connectivity index (χ1n) is 6.35. The molecule has 4 nitrogen and oxygen atoms in total. The van der Waals surface area contributed by atoms with Gasteiger partial charge in [0.25, 0.3) is 0 Å². The van der Waals surface area contributed by atoms with Crippen LogP contribution in [0.5, 0.6) is 0 Å². The Hall–Kier alpha value is -0.610. The molecule has 0 saturated carbocycles. The van der Waals surface area contributed by atoms with Crippen LogP contribution in [0.2, 0.25) is 0 Å². The van der Waals surface area contributed by atoms with Crippen LogP contribution in [-0.2, 0) is 9.53 Å². The molecule has 1 aliphatic heterocycles. The minimum atomic E-state index is -0.460. The highest BCUT2D eigenvalue weighted by molar-refractivity contribution is 5.75. The van der Waals surface area contributed by atoms with Crippen molar-refractivity contribution in [2.75, 3.05) is 19.7 Å². The zero-order chi connectivity index (χ0) is 12.0. The quantitative estimate of drug-likeness (QED) is 0.693. The Labute approximate surface area is 98.1 Å². The highest BCUT2D eigenvalue weighted by Crippen LogP contribution is 2.19. The second-order valence-corrected chi connectivity index (χ2v) is 4.39. The van der Waals surface area contributed by atoms with Gasteiger partial charge in [0, 0.05) is 12.6 Å². The number of rotatable bonds is 6. The number of nitrogens with zero attached hydrogens (tertiary/aromatic N) is 1. The monoisotopic (exact) mass is 228 g/mol. The Morgan fingerprint density at radius 2 is 2.31 bits per heavy atom. The molecule has 1 aliphatic rings. The first-order valence-corrected chi connectivity index (χ1v) is 6.35. The van der Waals surface area contributed by atoms with Gasteiger partial charge in [0.2, 0.25) is 0 Å². The van der Waals surface area contributed by atoms with E-state index in [1.807, 2.05) is 0 Å². The van der Waals surface area contributed by atoms with Crippen molar-refractivity contribution in [2.24, 2.45) is 5.73 Å². The van der Waals surface area contributed by atoms with Crippen LogP contribution in [0.3, 0.4) is 0 Å². The van der Waals surface area contributed by atoms with E-state index in [0.29, 0.717) is 19.1 Å². The number of esters is 1. The Morgan fingerprint density at radius 1 is 1.56 bits per heavy atom. The van der Waals surface area contributed by atoms with Crippen molar-refractivity contribution in [3.05, 3.63) is 0 Å². The fraction of sp³-hybridized carbons (Fsp3) is 0.917. The first-order chi connectivity index (χ1) is 7.69. The fourth-order valence-electron chi connectivity index (χ4n) is 2.32. The van der Waals surface area contributed by atoms with Crippen molar-refractivity contribution < 1.29 is 9.53 Å². The van der Waals surface area contributed by atoms with Gasteiger partial charge in [-0.25, -0.2) is 0 Å². The maximum Gasteiger partial charge on any atom is 0.322 e. The van der Waals surface area contributed by atoms with Crippen LogP contribution in [-0.4, -0.2) is 42.6 Å². The average Bonchev–Trinajstić information content (AvgIpc) is 2.73. The lowest BCUT2D eigenvalue weighted by Gasteiger charge is -2.24. The van der Waals surface area contributed by atoms with E-state index >= 15 is 0 Å². The molecule has 1 rings (SSSR count). The molecule has 0 aliphatic carbocycles. The maximum atomic E-state index is 11.3. The van der Waals surface area contributed by atoms with E-state index in [2.05, 4.69) is 11.8 Å². The Morgan fingerprint density at radius 3 is 2.94 bits per heavy atom. The van der Waals surface area contributed by atoms with Crippen LogP contribution in [0.15, 0.2) is 0 Å². The third kappa shape index (κ3) is 3.76. The lowest BCUT2D eigenvalue weighted by atomic mass is 10.1. The van der Waals surface area contributed by atoms with E-state index in [-0.39, 0.29) is 5.97 Å². The summed E-state index contributed by atoms with van der Waals surface area (Å²) in [7, 11) is 0. The van der Waals surface area contributed by atoms with Gasteiger partial charge in [0.05, 0.1) is 6.61 Å². The smallest absolute Gasteiger partial charge is 0.322 e. The van der Waals surface area contributed by atoms with Crippen LogP contribution in [0, 0.1) is 0 Å². The Kier molecular flexibility index (Phi) is 5.77. The zero-order valence-corrected chi connectivity index (χ0v) is 10.4. The number of hydrogen-bond acceptors (Lipinski definition) is 4. The highest BCUT2D eigenvalue weighted by Gasteiger charge is 2.24. The van der Waals surface area contributed by atoms with Crippen molar-refractivity contribution in [1.82, 2.24) is 4.90 Å². The molecule has 4 heteroatoms. The van der Waals surface area contributed by atoms with Crippen LogP contribution < -0.4 is 5.73 Å². The van der Waals surface area contributed by atoms with Gasteiger partial charge in [-0.2, -0.15) is 0 Å². The van der Waals surface area contributed by atoms with Gasteiger partial charge in [-0.05, 0) is 39.2 Å². The molecule has 1 fully saturated rings. The highest BCUT2D eigenvalue weighted by atomic mass is 16.5. The predicted molar refractivity (Wildman–Crippen MR) is 64.1 cm³/mol. The lowest BCUT2D eigenvalue weighted by Crippen LogP contribution is -2.38. The minimum absolute atomic E-state index is 0.269. The van der Waals surface area contributed by atoms with E-state index in [0.717, 1.165) is 13.1 Å². The van der Waals surface area contributed by atoms with Crippen molar-refractivity contribution >= 4 is 5.97 Å². The summed E-state index contributed by atoms with van der Waals surface area (Å²) in [6.07, 6.45) is 4.45. The van der Waals surface area contributed by atoms with Crippen molar-refractivity contribution in [2.45, 2.75) is 51.6 Å². The largest absolute Gasteiger partial charge is 0.465 e.